The maximum atomic E-state index is 9.30. The van der Waals surface area contributed by atoms with E-state index in [4.69, 9.17) is 9.47 Å². The fourth-order valence-electron chi connectivity index (χ4n) is 2.52. The summed E-state index contributed by atoms with van der Waals surface area (Å²) in [5.41, 5.74) is 2.32. The molecular weight excluding hydrogens is 290 g/mol. The minimum atomic E-state index is 0.310. The van der Waals surface area contributed by atoms with Crippen molar-refractivity contribution in [2.45, 2.75) is 32.4 Å². The number of hydrogen-bond donors (Lipinski definition) is 2. The van der Waals surface area contributed by atoms with Crippen LogP contribution in [0.2, 0.25) is 0 Å². The molecule has 2 aromatic carbocycles. The molecule has 2 aromatic rings. The molecule has 0 aliphatic rings. The fraction of sp³-hybridized carbons (Fsp3) is 0.368. The van der Waals surface area contributed by atoms with Crippen LogP contribution in [0, 0.1) is 0 Å². The molecule has 124 valence electrons. The Morgan fingerprint density at radius 1 is 1.04 bits per heavy atom. The number of phenols is 1. The number of benzene rings is 2. The molecule has 23 heavy (non-hydrogen) atoms. The standard InChI is InChI=1S/C19H25NO3/c1-14(7-8-15-9-11-17(21)12-10-15)20-13-16-5-4-6-18(22-2)19(16)23-3/h4-6,9-12,14,20-21H,7-8,13H2,1-3H3. The first kappa shape index (κ1) is 17.2. The van der Waals surface area contributed by atoms with Gasteiger partial charge in [-0.25, -0.2) is 0 Å². The van der Waals surface area contributed by atoms with Gasteiger partial charge in [-0.05, 0) is 43.5 Å². The molecule has 0 bridgehead atoms. The molecule has 0 aliphatic carbocycles. The van der Waals surface area contributed by atoms with Crippen LogP contribution in [0.1, 0.15) is 24.5 Å². The van der Waals surface area contributed by atoms with Crippen molar-refractivity contribution in [2.75, 3.05) is 14.2 Å². The van der Waals surface area contributed by atoms with Crippen LogP contribution in [0.5, 0.6) is 17.2 Å². The predicted molar refractivity (Wildman–Crippen MR) is 92.3 cm³/mol. The first-order valence-electron chi connectivity index (χ1n) is 7.85. The van der Waals surface area contributed by atoms with Crippen molar-refractivity contribution in [3.63, 3.8) is 0 Å². The summed E-state index contributed by atoms with van der Waals surface area (Å²) in [6, 6.07) is 13.7. The fourth-order valence-corrected chi connectivity index (χ4v) is 2.52. The number of hydrogen-bond acceptors (Lipinski definition) is 4. The zero-order valence-corrected chi connectivity index (χ0v) is 14.0. The molecule has 2 N–H and O–H groups in total. The Hall–Kier alpha value is -2.20. The SMILES string of the molecule is COc1cccc(CNC(C)CCc2ccc(O)cc2)c1OC. The van der Waals surface area contributed by atoms with Gasteiger partial charge in [-0.1, -0.05) is 24.3 Å². The normalized spacial score (nSPS) is 12.0. The maximum absolute atomic E-state index is 9.30. The smallest absolute Gasteiger partial charge is 0.165 e. The van der Waals surface area contributed by atoms with Crippen LogP contribution in [-0.4, -0.2) is 25.4 Å². The maximum Gasteiger partial charge on any atom is 0.165 e. The number of para-hydroxylation sites is 1. The summed E-state index contributed by atoms with van der Waals surface area (Å²) in [7, 11) is 3.31. The van der Waals surface area contributed by atoms with Gasteiger partial charge in [0.05, 0.1) is 14.2 Å². The summed E-state index contributed by atoms with van der Waals surface area (Å²) < 4.78 is 10.8. The zero-order valence-electron chi connectivity index (χ0n) is 14.0. The van der Waals surface area contributed by atoms with Crippen molar-refractivity contribution in [3.05, 3.63) is 53.6 Å². The van der Waals surface area contributed by atoms with E-state index in [9.17, 15) is 5.11 Å². The highest BCUT2D eigenvalue weighted by Gasteiger charge is 2.10. The Balaban J connectivity index is 1.87. The van der Waals surface area contributed by atoms with Crippen molar-refractivity contribution in [3.8, 4) is 17.2 Å². The molecule has 1 atom stereocenters. The highest BCUT2D eigenvalue weighted by Crippen LogP contribution is 2.30. The highest BCUT2D eigenvalue weighted by atomic mass is 16.5. The molecule has 0 saturated carbocycles. The molecular formula is C19H25NO3. The van der Waals surface area contributed by atoms with Gasteiger partial charge < -0.3 is 19.9 Å². The van der Waals surface area contributed by atoms with E-state index in [1.54, 1.807) is 26.4 Å². The van der Waals surface area contributed by atoms with Crippen molar-refractivity contribution in [2.24, 2.45) is 0 Å². The van der Waals surface area contributed by atoms with Gasteiger partial charge in [-0.3, -0.25) is 0 Å². The topological polar surface area (TPSA) is 50.7 Å². The summed E-state index contributed by atoms with van der Waals surface area (Å²) in [5.74, 6) is 1.85. The Morgan fingerprint density at radius 3 is 2.43 bits per heavy atom. The lowest BCUT2D eigenvalue weighted by Crippen LogP contribution is -2.26. The van der Waals surface area contributed by atoms with Crippen molar-refractivity contribution >= 4 is 0 Å². The summed E-state index contributed by atoms with van der Waals surface area (Å²) in [4.78, 5) is 0. The summed E-state index contributed by atoms with van der Waals surface area (Å²) in [6.07, 6.45) is 2.00. The van der Waals surface area contributed by atoms with Crippen LogP contribution in [0.4, 0.5) is 0 Å². The summed E-state index contributed by atoms with van der Waals surface area (Å²) >= 11 is 0. The van der Waals surface area contributed by atoms with Gasteiger partial charge in [-0.15, -0.1) is 0 Å². The third-order valence-corrected chi connectivity index (χ3v) is 3.93. The number of aromatic hydroxyl groups is 1. The number of nitrogens with one attached hydrogen (secondary N) is 1. The minimum absolute atomic E-state index is 0.310. The number of methoxy groups -OCH3 is 2. The molecule has 2 rings (SSSR count). The lowest BCUT2D eigenvalue weighted by molar-refractivity contribution is 0.349. The number of aryl methyl sites for hydroxylation is 1. The van der Waals surface area contributed by atoms with Gasteiger partial charge in [0.25, 0.3) is 0 Å². The van der Waals surface area contributed by atoms with Crippen molar-refractivity contribution in [1.82, 2.24) is 5.32 Å². The van der Waals surface area contributed by atoms with Gasteiger partial charge in [0.2, 0.25) is 0 Å². The van der Waals surface area contributed by atoms with Gasteiger partial charge in [0, 0.05) is 18.2 Å². The minimum Gasteiger partial charge on any atom is -0.508 e. The lowest BCUT2D eigenvalue weighted by Gasteiger charge is -2.17. The van der Waals surface area contributed by atoms with Gasteiger partial charge in [0.15, 0.2) is 11.5 Å². The monoisotopic (exact) mass is 315 g/mol. The van der Waals surface area contributed by atoms with E-state index in [0.717, 1.165) is 36.4 Å². The van der Waals surface area contributed by atoms with E-state index in [1.807, 2.05) is 30.3 Å². The molecule has 4 heteroatoms. The number of ether oxygens (including phenoxy) is 2. The van der Waals surface area contributed by atoms with E-state index in [-0.39, 0.29) is 0 Å². The van der Waals surface area contributed by atoms with Crippen LogP contribution < -0.4 is 14.8 Å². The second-order valence-corrected chi connectivity index (χ2v) is 5.64. The Kier molecular flexibility index (Phi) is 6.29. The second kappa shape index (κ2) is 8.44. The molecule has 0 spiro atoms. The van der Waals surface area contributed by atoms with Gasteiger partial charge in [-0.2, -0.15) is 0 Å². The largest absolute Gasteiger partial charge is 0.508 e. The number of phenolic OH excluding ortho intramolecular Hbond substituents is 1. The molecule has 4 nitrogen and oxygen atoms in total. The molecule has 0 heterocycles. The van der Waals surface area contributed by atoms with Crippen LogP contribution in [0.25, 0.3) is 0 Å². The van der Waals surface area contributed by atoms with Gasteiger partial charge >= 0.3 is 0 Å². The Morgan fingerprint density at radius 2 is 1.78 bits per heavy atom. The highest BCUT2D eigenvalue weighted by molar-refractivity contribution is 5.46. The average Bonchev–Trinajstić information content (AvgIpc) is 2.58. The molecule has 0 radical (unpaired) electrons. The van der Waals surface area contributed by atoms with Crippen LogP contribution in [0.3, 0.4) is 0 Å². The van der Waals surface area contributed by atoms with E-state index >= 15 is 0 Å². The van der Waals surface area contributed by atoms with Crippen LogP contribution in [0.15, 0.2) is 42.5 Å². The second-order valence-electron chi connectivity index (χ2n) is 5.64. The van der Waals surface area contributed by atoms with Crippen molar-refractivity contribution < 1.29 is 14.6 Å². The Bertz CT molecular complexity index is 611. The average molecular weight is 315 g/mol. The van der Waals surface area contributed by atoms with Crippen LogP contribution >= 0.6 is 0 Å². The third kappa shape index (κ3) is 4.89. The summed E-state index contributed by atoms with van der Waals surface area (Å²) in [5, 5.41) is 12.8. The Labute approximate surface area is 138 Å². The lowest BCUT2D eigenvalue weighted by atomic mass is 10.1. The van der Waals surface area contributed by atoms with E-state index in [0.29, 0.717) is 11.8 Å². The third-order valence-electron chi connectivity index (χ3n) is 3.93. The quantitative estimate of drug-likeness (QED) is 0.782. The molecule has 0 fully saturated rings. The van der Waals surface area contributed by atoms with E-state index in [1.165, 1.54) is 5.56 Å². The first-order valence-corrected chi connectivity index (χ1v) is 7.85. The zero-order chi connectivity index (χ0) is 16.7. The van der Waals surface area contributed by atoms with E-state index in [2.05, 4.69) is 12.2 Å². The van der Waals surface area contributed by atoms with E-state index < -0.39 is 0 Å². The molecule has 0 amide bonds. The van der Waals surface area contributed by atoms with Gasteiger partial charge in [0.1, 0.15) is 5.75 Å². The molecule has 0 aromatic heterocycles. The molecule has 1 unspecified atom stereocenters. The molecule has 0 saturated heterocycles. The van der Waals surface area contributed by atoms with Crippen molar-refractivity contribution in [1.29, 1.82) is 0 Å². The van der Waals surface area contributed by atoms with Crippen LogP contribution in [-0.2, 0) is 13.0 Å². The summed E-state index contributed by atoms with van der Waals surface area (Å²) in [6.45, 7) is 2.91. The number of rotatable bonds is 8. The predicted octanol–water partition coefficient (Wildman–Crippen LogP) is 3.52. The first-order chi connectivity index (χ1) is 11.1. The molecule has 0 aliphatic heterocycles.